The topological polar surface area (TPSA) is 69.8 Å². The monoisotopic (exact) mass is 336 g/mol. The summed E-state index contributed by atoms with van der Waals surface area (Å²) in [7, 11) is 0. The second-order valence-corrected chi connectivity index (χ2v) is 5.16. The van der Waals surface area contributed by atoms with E-state index in [-0.39, 0.29) is 24.1 Å². The maximum absolute atomic E-state index is 13.0. The average Bonchev–Trinajstić information content (AvgIpc) is 3.04. The van der Waals surface area contributed by atoms with Gasteiger partial charge in [0.05, 0.1) is 17.5 Å². The van der Waals surface area contributed by atoms with Crippen LogP contribution < -0.4 is 10.6 Å². The van der Waals surface area contributed by atoms with Crippen LogP contribution >= 0.6 is 12.4 Å². The normalized spacial score (nSPS) is 13.9. The minimum absolute atomic E-state index is 0. The lowest BCUT2D eigenvalue weighted by Crippen LogP contribution is -2.29. The zero-order chi connectivity index (χ0) is 15.4. The lowest BCUT2D eigenvalue weighted by atomic mass is 10.1. The van der Waals surface area contributed by atoms with E-state index in [4.69, 9.17) is 0 Å². The molecule has 122 valence electrons. The van der Waals surface area contributed by atoms with Gasteiger partial charge in [-0.15, -0.1) is 12.4 Å². The van der Waals surface area contributed by atoms with Crippen LogP contribution in [0.15, 0.2) is 42.1 Å². The number of rotatable bonds is 4. The number of nitrogens with zero attached hydrogens (tertiary/aromatic N) is 1. The highest BCUT2D eigenvalue weighted by Gasteiger charge is 2.15. The molecule has 3 rings (SSSR count). The van der Waals surface area contributed by atoms with Crippen LogP contribution in [-0.2, 0) is 0 Å². The van der Waals surface area contributed by atoms with Gasteiger partial charge in [0.25, 0.3) is 5.91 Å². The van der Waals surface area contributed by atoms with Crippen LogP contribution in [0.4, 0.5) is 4.39 Å². The van der Waals surface area contributed by atoms with E-state index in [0.717, 1.165) is 25.1 Å². The molecule has 3 N–H and O–H groups in total. The van der Waals surface area contributed by atoms with Crippen LogP contribution in [0.25, 0.3) is 11.3 Å². The highest BCUT2D eigenvalue weighted by atomic mass is 35.5. The first-order valence-corrected chi connectivity index (χ1v) is 7.20. The van der Waals surface area contributed by atoms with E-state index >= 15 is 0 Å². The van der Waals surface area contributed by atoms with Gasteiger partial charge in [-0.3, -0.25) is 9.89 Å². The molecule has 1 aromatic heterocycles. The molecule has 1 aliphatic heterocycles. The maximum Gasteiger partial charge on any atom is 0.255 e. The molecule has 1 aliphatic rings. The zero-order valence-electron chi connectivity index (χ0n) is 12.4. The molecule has 0 atom stereocenters. The number of hydrogen-bond donors (Lipinski definition) is 3. The molecule has 2 heterocycles. The van der Waals surface area contributed by atoms with Gasteiger partial charge < -0.3 is 10.6 Å². The number of carbonyl (C=O) groups is 1. The number of carbonyl (C=O) groups excluding carboxylic acids is 1. The Morgan fingerprint density at radius 1 is 1.30 bits per heavy atom. The highest BCUT2D eigenvalue weighted by Crippen LogP contribution is 2.21. The molecule has 7 heteroatoms. The first-order chi connectivity index (χ1) is 10.7. The van der Waals surface area contributed by atoms with Crippen molar-refractivity contribution in [1.82, 2.24) is 20.8 Å². The van der Waals surface area contributed by atoms with Gasteiger partial charge in [-0.1, -0.05) is 11.6 Å². The third-order valence-electron chi connectivity index (χ3n) is 3.65. The molecule has 23 heavy (non-hydrogen) atoms. The second-order valence-electron chi connectivity index (χ2n) is 5.16. The molecular formula is C16H18ClFN4O. The molecule has 1 amide bonds. The SMILES string of the molecule is Cl.O=C(NCC1=CCNCC1)c1cn[nH]c1-c1ccc(F)cc1. The summed E-state index contributed by atoms with van der Waals surface area (Å²) in [5.74, 6) is -0.500. The van der Waals surface area contributed by atoms with Crippen LogP contribution in [0.1, 0.15) is 16.8 Å². The number of amides is 1. The molecule has 5 nitrogen and oxygen atoms in total. The van der Waals surface area contributed by atoms with Crippen molar-refractivity contribution in [2.45, 2.75) is 6.42 Å². The lowest BCUT2D eigenvalue weighted by Gasteiger charge is -2.14. The van der Waals surface area contributed by atoms with Crippen molar-refractivity contribution in [3.8, 4) is 11.3 Å². The molecule has 0 spiro atoms. The van der Waals surface area contributed by atoms with E-state index in [0.29, 0.717) is 17.8 Å². The fourth-order valence-electron chi connectivity index (χ4n) is 2.41. The van der Waals surface area contributed by atoms with Gasteiger partial charge in [0, 0.05) is 18.7 Å². The van der Waals surface area contributed by atoms with E-state index < -0.39 is 0 Å². The predicted molar refractivity (Wildman–Crippen MR) is 89.1 cm³/mol. The van der Waals surface area contributed by atoms with Crippen molar-refractivity contribution in [3.05, 3.63) is 53.5 Å². The summed E-state index contributed by atoms with van der Waals surface area (Å²) >= 11 is 0. The molecule has 0 saturated heterocycles. The molecule has 0 bridgehead atoms. The fourth-order valence-corrected chi connectivity index (χ4v) is 2.41. The Labute approximate surface area is 139 Å². The van der Waals surface area contributed by atoms with Gasteiger partial charge in [-0.25, -0.2) is 4.39 Å². The molecule has 0 aliphatic carbocycles. The Bertz CT molecular complexity index is 696. The van der Waals surface area contributed by atoms with Gasteiger partial charge >= 0.3 is 0 Å². The van der Waals surface area contributed by atoms with E-state index in [9.17, 15) is 9.18 Å². The summed E-state index contributed by atoms with van der Waals surface area (Å²) in [4.78, 5) is 12.3. The smallest absolute Gasteiger partial charge is 0.255 e. The van der Waals surface area contributed by atoms with Crippen molar-refractivity contribution in [3.63, 3.8) is 0 Å². The van der Waals surface area contributed by atoms with Crippen molar-refractivity contribution in [1.29, 1.82) is 0 Å². The summed E-state index contributed by atoms with van der Waals surface area (Å²) < 4.78 is 13.0. The number of hydrogen-bond acceptors (Lipinski definition) is 3. The molecule has 2 aromatic rings. The van der Waals surface area contributed by atoms with Crippen molar-refractivity contribution in [2.24, 2.45) is 0 Å². The number of nitrogens with one attached hydrogen (secondary N) is 3. The maximum atomic E-state index is 13.0. The van der Waals surface area contributed by atoms with Crippen LogP contribution in [0.5, 0.6) is 0 Å². The van der Waals surface area contributed by atoms with Crippen molar-refractivity contribution >= 4 is 18.3 Å². The van der Waals surface area contributed by atoms with E-state index in [1.54, 1.807) is 12.1 Å². The molecule has 1 aromatic carbocycles. The Morgan fingerprint density at radius 3 is 2.78 bits per heavy atom. The van der Waals surface area contributed by atoms with Gasteiger partial charge in [0.15, 0.2) is 0 Å². The summed E-state index contributed by atoms with van der Waals surface area (Å²) in [5, 5.41) is 12.9. The van der Waals surface area contributed by atoms with Gasteiger partial charge in [0.1, 0.15) is 5.82 Å². The number of H-pyrrole nitrogens is 1. The summed E-state index contributed by atoms with van der Waals surface area (Å²) in [5.41, 5.74) is 3.00. The zero-order valence-corrected chi connectivity index (χ0v) is 13.3. The second kappa shape index (κ2) is 7.89. The average molecular weight is 337 g/mol. The minimum Gasteiger partial charge on any atom is -0.348 e. The van der Waals surface area contributed by atoms with Crippen LogP contribution in [0.3, 0.4) is 0 Å². The van der Waals surface area contributed by atoms with Crippen LogP contribution in [0, 0.1) is 5.82 Å². The highest BCUT2D eigenvalue weighted by molar-refractivity contribution is 5.99. The third kappa shape index (κ3) is 4.18. The van der Waals surface area contributed by atoms with Crippen LogP contribution in [-0.4, -0.2) is 35.7 Å². The summed E-state index contributed by atoms with van der Waals surface area (Å²) in [6, 6.07) is 5.96. The Balaban J connectivity index is 0.00000192. The van der Waals surface area contributed by atoms with Crippen LogP contribution in [0.2, 0.25) is 0 Å². The first-order valence-electron chi connectivity index (χ1n) is 7.20. The first kappa shape index (κ1) is 17.2. The van der Waals surface area contributed by atoms with Gasteiger partial charge in [0.2, 0.25) is 0 Å². The third-order valence-corrected chi connectivity index (χ3v) is 3.65. The molecule has 0 unspecified atom stereocenters. The molecular weight excluding hydrogens is 319 g/mol. The fraction of sp³-hybridized carbons (Fsp3) is 0.250. The predicted octanol–water partition coefficient (Wildman–Crippen LogP) is 2.29. The van der Waals surface area contributed by atoms with Crippen molar-refractivity contribution in [2.75, 3.05) is 19.6 Å². The largest absolute Gasteiger partial charge is 0.348 e. The van der Waals surface area contributed by atoms with E-state index in [1.165, 1.54) is 23.9 Å². The Kier molecular flexibility index (Phi) is 5.90. The molecule has 0 fully saturated rings. The number of benzene rings is 1. The summed E-state index contributed by atoms with van der Waals surface area (Å²) in [6.45, 7) is 2.32. The Morgan fingerprint density at radius 2 is 2.09 bits per heavy atom. The van der Waals surface area contributed by atoms with Crippen molar-refractivity contribution < 1.29 is 9.18 Å². The number of aromatic amines is 1. The molecule has 0 radical (unpaired) electrons. The Hall–Kier alpha value is -2.18. The number of halogens is 2. The quantitative estimate of drug-likeness (QED) is 0.750. The van der Waals surface area contributed by atoms with E-state index in [1.807, 2.05) is 0 Å². The standard InChI is InChI=1S/C16H17FN4O.ClH/c17-13-3-1-12(2-4-13)15-14(10-20-21-15)16(22)19-9-11-5-7-18-8-6-11;/h1-5,10,18H,6-9H2,(H,19,22)(H,20,21);1H. The lowest BCUT2D eigenvalue weighted by molar-refractivity contribution is 0.0957. The van der Waals surface area contributed by atoms with E-state index in [2.05, 4.69) is 26.9 Å². The van der Waals surface area contributed by atoms with Gasteiger partial charge in [-0.05, 0) is 37.2 Å². The number of aromatic nitrogens is 2. The minimum atomic E-state index is -0.313. The molecule has 0 saturated carbocycles. The summed E-state index contributed by atoms with van der Waals surface area (Å²) in [6.07, 6.45) is 4.53. The van der Waals surface area contributed by atoms with Gasteiger partial charge in [-0.2, -0.15) is 5.10 Å².